The van der Waals surface area contributed by atoms with Crippen LogP contribution in [0.3, 0.4) is 0 Å². The molecule has 5 nitrogen and oxygen atoms in total. The van der Waals surface area contributed by atoms with Crippen molar-refractivity contribution in [2.75, 3.05) is 18.4 Å². The van der Waals surface area contributed by atoms with Gasteiger partial charge in [0.05, 0.1) is 12.6 Å². The lowest BCUT2D eigenvalue weighted by molar-refractivity contribution is 0.0791. The molecule has 0 saturated carbocycles. The number of aliphatic hydroxyl groups excluding tert-OH is 1. The van der Waals surface area contributed by atoms with Crippen LogP contribution in [-0.2, 0) is 13.1 Å². The van der Waals surface area contributed by atoms with Crippen LogP contribution >= 0.6 is 24.0 Å². The van der Waals surface area contributed by atoms with Crippen LogP contribution in [0.1, 0.15) is 35.1 Å². The Hall–Kier alpha value is -1.64. The molecule has 0 aliphatic carbocycles. The number of aryl methyl sites for hydroxylation is 2. The molecule has 6 heteroatoms. The summed E-state index contributed by atoms with van der Waals surface area (Å²) >= 11 is 0. The monoisotopic (exact) mass is 494 g/mol. The first kappa shape index (κ1) is 22.6. The van der Waals surface area contributed by atoms with Gasteiger partial charge in [0.1, 0.15) is 0 Å². The normalized spacial score (nSPS) is 15.9. The standard InChI is InChI=1S/C22H30N4O.HI/c1-16-11-17(2)13-20(12-16)25-22(23)24-14-18-5-3-4-6-19(18)15-26-9-7-21(27)8-10-26;/h3-6,11-13,21,27H,7-10,14-15H2,1-2H3,(H3,23,24,25);1H. The van der Waals surface area contributed by atoms with E-state index in [0.717, 1.165) is 38.2 Å². The maximum Gasteiger partial charge on any atom is 0.193 e. The summed E-state index contributed by atoms with van der Waals surface area (Å²) in [5.74, 6) is 0.427. The Balaban J connectivity index is 0.00000280. The van der Waals surface area contributed by atoms with Crippen molar-refractivity contribution in [3.8, 4) is 0 Å². The Morgan fingerprint density at radius 3 is 2.36 bits per heavy atom. The number of nitrogens with zero attached hydrogens (tertiary/aromatic N) is 2. The van der Waals surface area contributed by atoms with Gasteiger partial charge < -0.3 is 16.2 Å². The fourth-order valence-electron chi connectivity index (χ4n) is 3.59. The largest absolute Gasteiger partial charge is 0.393 e. The van der Waals surface area contributed by atoms with E-state index in [1.807, 2.05) is 6.07 Å². The van der Waals surface area contributed by atoms with E-state index < -0.39 is 0 Å². The third-order valence-electron chi connectivity index (χ3n) is 4.98. The molecule has 1 saturated heterocycles. The highest BCUT2D eigenvalue weighted by molar-refractivity contribution is 14.0. The molecule has 2 aromatic rings. The van der Waals surface area contributed by atoms with Gasteiger partial charge in [-0.1, -0.05) is 30.3 Å². The summed E-state index contributed by atoms with van der Waals surface area (Å²) in [7, 11) is 0. The molecule has 2 aromatic carbocycles. The molecule has 0 radical (unpaired) electrons. The maximum atomic E-state index is 9.68. The molecule has 0 amide bonds. The minimum Gasteiger partial charge on any atom is -0.393 e. The van der Waals surface area contributed by atoms with E-state index >= 15 is 0 Å². The predicted octanol–water partition coefficient (Wildman–Crippen LogP) is 3.80. The highest BCUT2D eigenvalue weighted by Gasteiger charge is 2.17. The van der Waals surface area contributed by atoms with E-state index in [2.05, 4.69) is 65.5 Å². The van der Waals surface area contributed by atoms with Crippen molar-refractivity contribution in [3.63, 3.8) is 0 Å². The number of halogens is 1. The van der Waals surface area contributed by atoms with E-state index in [1.165, 1.54) is 22.3 Å². The van der Waals surface area contributed by atoms with E-state index in [-0.39, 0.29) is 30.1 Å². The Morgan fingerprint density at radius 2 is 1.71 bits per heavy atom. The molecule has 152 valence electrons. The summed E-state index contributed by atoms with van der Waals surface area (Å²) in [4.78, 5) is 6.93. The number of aliphatic hydroxyl groups is 1. The molecule has 1 aliphatic rings. The lowest BCUT2D eigenvalue weighted by atomic mass is 10.0. The molecule has 0 unspecified atom stereocenters. The average molecular weight is 494 g/mol. The Kier molecular flexibility index (Phi) is 8.72. The van der Waals surface area contributed by atoms with Crippen molar-refractivity contribution in [1.29, 1.82) is 0 Å². The van der Waals surface area contributed by atoms with E-state index in [0.29, 0.717) is 12.5 Å². The second-order valence-corrected chi connectivity index (χ2v) is 7.48. The lowest BCUT2D eigenvalue weighted by Crippen LogP contribution is -2.35. The van der Waals surface area contributed by atoms with Gasteiger partial charge in [-0.2, -0.15) is 0 Å². The van der Waals surface area contributed by atoms with Crippen LogP contribution in [-0.4, -0.2) is 35.2 Å². The van der Waals surface area contributed by atoms with Crippen molar-refractivity contribution in [1.82, 2.24) is 4.90 Å². The fourth-order valence-corrected chi connectivity index (χ4v) is 3.59. The average Bonchev–Trinajstić information content (AvgIpc) is 2.62. The van der Waals surface area contributed by atoms with Gasteiger partial charge in [-0.25, -0.2) is 4.99 Å². The van der Waals surface area contributed by atoms with E-state index in [9.17, 15) is 5.11 Å². The lowest BCUT2D eigenvalue weighted by Gasteiger charge is -2.30. The van der Waals surface area contributed by atoms with Gasteiger partial charge in [-0.05, 0) is 61.1 Å². The van der Waals surface area contributed by atoms with Crippen molar-refractivity contribution in [2.45, 2.75) is 45.9 Å². The van der Waals surface area contributed by atoms with Gasteiger partial charge in [-0.3, -0.25) is 4.90 Å². The third kappa shape index (κ3) is 6.76. The summed E-state index contributed by atoms with van der Waals surface area (Å²) in [5.41, 5.74) is 11.9. The summed E-state index contributed by atoms with van der Waals surface area (Å²) in [6.45, 7) is 7.46. The number of anilines is 1. The number of piperidine rings is 1. The summed E-state index contributed by atoms with van der Waals surface area (Å²) in [5, 5.41) is 12.9. The summed E-state index contributed by atoms with van der Waals surface area (Å²) in [6.07, 6.45) is 1.57. The third-order valence-corrected chi connectivity index (χ3v) is 4.98. The molecule has 0 aromatic heterocycles. The molecule has 0 bridgehead atoms. The molecule has 0 spiro atoms. The highest BCUT2D eigenvalue weighted by atomic mass is 127. The van der Waals surface area contributed by atoms with Crippen LogP contribution in [0, 0.1) is 13.8 Å². The van der Waals surface area contributed by atoms with Crippen molar-refractivity contribution < 1.29 is 5.11 Å². The van der Waals surface area contributed by atoms with Crippen LogP contribution in [0.15, 0.2) is 47.5 Å². The smallest absolute Gasteiger partial charge is 0.193 e. The molecule has 0 atom stereocenters. The number of hydrogen-bond acceptors (Lipinski definition) is 3. The molecular formula is C22H31IN4O. The topological polar surface area (TPSA) is 73.9 Å². The van der Waals surface area contributed by atoms with Gasteiger partial charge in [-0.15, -0.1) is 24.0 Å². The quantitative estimate of drug-likeness (QED) is 0.336. The fraction of sp³-hybridized carbons (Fsp3) is 0.409. The van der Waals surface area contributed by atoms with Crippen LogP contribution in [0.25, 0.3) is 0 Å². The van der Waals surface area contributed by atoms with Crippen LogP contribution in [0.4, 0.5) is 5.69 Å². The number of guanidine groups is 1. The molecule has 1 fully saturated rings. The van der Waals surface area contributed by atoms with Crippen molar-refractivity contribution in [3.05, 3.63) is 64.7 Å². The van der Waals surface area contributed by atoms with Gasteiger partial charge >= 0.3 is 0 Å². The van der Waals surface area contributed by atoms with E-state index in [1.54, 1.807) is 0 Å². The number of likely N-dealkylation sites (tertiary alicyclic amines) is 1. The zero-order chi connectivity index (χ0) is 19.2. The van der Waals surface area contributed by atoms with Crippen LogP contribution < -0.4 is 11.1 Å². The zero-order valence-corrected chi connectivity index (χ0v) is 19.0. The number of nitrogens with one attached hydrogen (secondary N) is 1. The molecule has 3 rings (SSSR count). The summed E-state index contributed by atoms with van der Waals surface area (Å²) in [6, 6.07) is 14.6. The number of nitrogens with two attached hydrogens (primary N) is 1. The number of rotatable bonds is 5. The van der Waals surface area contributed by atoms with Crippen molar-refractivity contribution >= 4 is 35.6 Å². The van der Waals surface area contributed by atoms with Crippen molar-refractivity contribution in [2.24, 2.45) is 10.7 Å². The SMILES string of the molecule is Cc1cc(C)cc(NC(N)=NCc2ccccc2CN2CCC(O)CC2)c1.I. The van der Waals surface area contributed by atoms with Crippen LogP contribution in [0.2, 0.25) is 0 Å². The molecule has 4 N–H and O–H groups in total. The molecule has 1 aliphatic heterocycles. The van der Waals surface area contributed by atoms with Gasteiger partial charge in [0.15, 0.2) is 5.96 Å². The highest BCUT2D eigenvalue weighted by Crippen LogP contribution is 2.18. The number of aliphatic imine (C=N–C) groups is 1. The second kappa shape index (κ2) is 10.8. The van der Waals surface area contributed by atoms with Gasteiger partial charge in [0.2, 0.25) is 0 Å². The second-order valence-electron chi connectivity index (χ2n) is 7.48. The zero-order valence-electron chi connectivity index (χ0n) is 16.7. The first-order valence-corrected chi connectivity index (χ1v) is 9.62. The van der Waals surface area contributed by atoms with Crippen LogP contribution in [0.5, 0.6) is 0 Å². The molecule has 28 heavy (non-hydrogen) atoms. The number of hydrogen-bond donors (Lipinski definition) is 3. The van der Waals surface area contributed by atoms with E-state index in [4.69, 9.17) is 5.73 Å². The number of benzene rings is 2. The van der Waals surface area contributed by atoms with Gasteiger partial charge in [0, 0.05) is 25.3 Å². The Morgan fingerprint density at radius 1 is 1.11 bits per heavy atom. The Bertz CT molecular complexity index is 781. The first-order chi connectivity index (χ1) is 13.0. The molecule has 1 heterocycles. The first-order valence-electron chi connectivity index (χ1n) is 9.62. The summed E-state index contributed by atoms with van der Waals surface area (Å²) < 4.78 is 0. The minimum absolute atomic E-state index is 0. The maximum absolute atomic E-state index is 9.68. The molecular weight excluding hydrogens is 463 g/mol. The Labute approximate surface area is 185 Å². The van der Waals surface area contributed by atoms with Gasteiger partial charge in [0.25, 0.3) is 0 Å². The predicted molar refractivity (Wildman–Crippen MR) is 127 cm³/mol. The minimum atomic E-state index is -0.141.